The van der Waals surface area contributed by atoms with Crippen LogP contribution in [0.15, 0.2) is 33.9 Å². The first-order valence-electron chi connectivity index (χ1n) is 7.78. The first-order chi connectivity index (χ1) is 11.2. The summed E-state index contributed by atoms with van der Waals surface area (Å²) < 4.78 is 0.938. The van der Waals surface area contributed by atoms with E-state index in [9.17, 15) is 4.79 Å². The van der Waals surface area contributed by atoms with Crippen molar-refractivity contribution in [3.05, 3.63) is 34.6 Å². The zero-order valence-electron chi connectivity index (χ0n) is 12.7. The van der Waals surface area contributed by atoms with Gasteiger partial charge < -0.3 is 5.32 Å². The summed E-state index contributed by atoms with van der Waals surface area (Å²) in [5, 5.41) is 10.7. The van der Waals surface area contributed by atoms with Gasteiger partial charge in [-0.15, -0.1) is 5.10 Å². The zero-order chi connectivity index (χ0) is 16.1. The molecule has 1 fully saturated rings. The molecule has 1 aromatic carbocycles. The van der Waals surface area contributed by atoms with Gasteiger partial charge in [-0.2, -0.15) is 0 Å². The van der Waals surface area contributed by atoms with E-state index in [4.69, 9.17) is 0 Å². The van der Waals surface area contributed by atoms with Gasteiger partial charge in [0, 0.05) is 16.6 Å². The smallest absolute Gasteiger partial charge is 0.234 e. The number of carbonyl (C=O) groups is 1. The molecule has 2 aromatic rings. The molecule has 5 nitrogen and oxygen atoms in total. The quantitative estimate of drug-likeness (QED) is 0.725. The van der Waals surface area contributed by atoms with Crippen molar-refractivity contribution in [2.24, 2.45) is 5.92 Å². The zero-order valence-corrected chi connectivity index (χ0v) is 15.1. The molecule has 0 saturated heterocycles. The number of nitrogens with zero attached hydrogens (tertiary/aromatic N) is 2. The Morgan fingerprint density at radius 2 is 2.22 bits per heavy atom. The molecule has 0 radical (unpaired) electrons. The topological polar surface area (TPSA) is 70.7 Å². The predicted molar refractivity (Wildman–Crippen MR) is 95.5 cm³/mol. The molecule has 23 heavy (non-hydrogen) atoms. The van der Waals surface area contributed by atoms with E-state index >= 15 is 0 Å². The fourth-order valence-corrected chi connectivity index (χ4v) is 3.83. The van der Waals surface area contributed by atoms with E-state index < -0.39 is 0 Å². The van der Waals surface area contributed by atoms with Crippen LogP contribution in [0.25, 0.3) is 0 Å². The number of amides is 1. The molecule has 122 valence electrons. The van der Waals surface area contributed by atoms with Gasteiger partial charge in [-0.1, -0.05) is 59.4 Å². The highest BCUT2D eigenvalue weighted by Crippen LogP contribution is 2.27. The van der Waals surface area contributed by atoms with Crippen LogP contribution in [0.2, 0.25) is 0 Å². The van der Waals surface area contributed by atoms with Gasteiger partial charge in [-0.3, -0.25) is 9.89 Å². The SMILES string of the molecule is O=C(CSc1n[nH]c(CC2CCCC2)n1)Nc1cccc(Br)c1. The number of halogens is 1. The van der Waals surface area contributed by atoms with Crippen molar-refractivity contribution in [3.8, 4) is 0 Å². The van der Waals surface area contributed by atoms with Gasteiger partial charge in [0.25, 0.3) is 0 Å². The van der Waals surface area contributed by atoms with Crippen molar-refractivity contribution < 1.29 is 4.79 Å². The first-order valence-corrected chi connectivity index (χ1v) is 9.56. The summed E-state index contributed by atoms with van der Waals surface area (Å²) in [7, 11) is 0. The summed E-state index contributed by atoms with van der Waals surface area (Å²) in [4.78, 5) is 16.4. The second-order valence-corrected chi connectivity index (χ2v) is 7.62. The second kappa shape index (κ2) is 7.97. The van der Waals surface area contributed by atoms with Crippen LogP contribution in [0.5, 0.6) is 0 Å². The molecule has 0 atom stereocenters. The van der Waals surface area contributed by atoms with Crippen LogP contribution in [0.4, 0.5) is 5.69 Å². The minimum absolute atomic E-state index is 0.0600. The lowest BCUT2D eigenvalue weighted by Gasteiger charge is -2.04. The summed E-state index contributed by atoms with van der Waals surface area (Å²) in [5.41, 5.74) is 0.780. The number of thioether (sulfide) groups is 1. The Bertz CT molecular complexity index is 670. The fourth-order valence-electron chi connectivity index (χ4n) is 2.81. The Morgan fingerprint density at radius 1 is 1.39 bits per heavy atom. The van der Waals surface area contributed by atoms with Crippen molar-refractivity contribution in [3.63, 3.8) is 0 Å². The summed E-state index contributed by atoms with van der Waals surface area (Å²) in [5.74, 6) is 1.91. The molecule has 0 aliphatic heterocycles. The van der Waals surface area contributed by atoms with Crippen molar-refractivity contribution in [2.45, 2.75) is 37.3 Å². The third-order valence-corrected chi connectivity index (χ3v) is 5.25. The Labute approximate surface area is 148 Å². The van der Waals surface area contributed by atoms with Gasteiger partial charge in [0.05, 0.1) is 5.75 Å². The summed E-state index contributed by atoms with van der Waals surface area (Å²) in [6, 6.07) is 7.54. The van der Waals surface area contributed by atoms with Crippen LogP contribution in [-0.4, -0.2) is 26.8 Å². The van der Waals surface area contributed by atoms with E-state index in [0.29, 0.717) is 10.9 Å². The number of hydrogen-bond acceptors (Lipinski definition) is 4. The molecule has 1 aromatic heterocycles. The molecule has 0 bridgehead atoms. The molecule has 1 saturated carbocycles. The van der Waals surface area contributed by atoms with E-state index in [1.54, 1.807) is 0 Å². The number of anilines is 1. The average Bonchev–Trinajstić information content (AvgIpc) is 3.18. The van der Waals surface area contributed by atoms with Crippen molar-refractivity contribution in [2.75, 3.05) is 11.1 Å². The van der Waals surface area contributed by atoms with Crippen LogP contribution in [0.3, 0.4) is 0 Å². The van der Waals surface area contributed by atoms with Crippen LogP contribution in [0.1, 0.15) is 31.5 Å². The normalized spacial score (nSPS) is 15.0. The largest absolute Gasteiger partial charge is 0.325 e. The predicted octanol–water partition coefficient (Wildman–Crippen LogP) is 4.03. The molecular weight excluding hydrogens is 376 g/mol. The molecule has 1 amide bonds. The lowest BCUT2D eigenvalue weighted by Crippen LogP contribution is -2.14. The van der Waals surface area contributed by atoms with Crippen LogP contribution < -0.4 is 5.32 Å². The number of aromatic amines is 1. The minimum Gasteiger partial charge on any atom is -0.325 e. The number of hydrogen-bond donors (Lipinski definition) is 2. The molecule has 1 heterocycles. The summed E-state index contributed by atoms with van der Waals surface area (Å²) in [6.07, 6.45) is 6.21. The average molecular weight is 395 g/mol. The lowest BCUT2D eigenvalue weighted by atomic mass is 10.0. The number of benzene rings is 1. The maximum absolute atomic E-state index is 12.0. The van der Waals surface area contributed by atoms with E-state index in [2.05, 4.69) is 36.4 Å². The van der Waals surface area contributed by atoms with Crippen LogP contribution in [-0.2, 0) is 11.2 Å². The fraction of sp³-hybridized carbons (Fsp3) is 0.438. The van der Waals surface area contributed by atoms with E-state index in [1.807, 2.05) is 24.3 Å². The van der Waals surface area contributed by atoms with Crippen molar-refractivity contribution >= 4 is 39.3 Å². The van der Waals surface area contributed by atoms with Crippen LogP contribution >= 0.6 is 27.7 Å². The van der Waals surface area contributed by atoms with E-state index in [0.717, 1.165) is 28.3 Å². The second-order valence-electron chi connectivity index (χ2n) is 5.77. The highest BCUT2D eigenvalue weighted by molar-refractivity contribution is 9.10. The van der Waals surface area contributed by atoms with Gasteiger partial charge in [0.15, 0.2) is 0 Å². The molecule has 1 aliphatic carbocycles. The number of aromatic nitrogens is 3. The lowest BCUT2D eigenvalue weighted by molar-refractivity contribution is -0.113. The van der Waals surface area contributed by atoms with E-state index in [-0.39, 0.29) is 5.91 Å². The summed E-state index contributed by atoms with van der Waals surface area (Å²) >= 11 is 4.74. The Morgan fingerprint density at radius 3 is 3.00 bits per heavy atom. The number of H-pyrrole nitrogens is 1. The minimum atomic E-state index is -0.0600. The highest BCUT2D eigenvalue weighted by Gasteiger charge is 2.17. The standard InChI is InChI=1S/C16H19BrN4OS/c17-12-6-3-7-13(9-12)18-15(22)10-23-16-19-14(20-21-16)8-11-4-1-2-5-11/h3,6-7,9,11H,1-2,4-5,8,10H2,(H,18,22)(H,19,20,21). The number of carbonyl (C=O) groups excluding carboxylic acids is 1. The maximum Gasteiger partial charge on any atom is 0.234 e. The first kappa shape index (κ1) is 16.5. The maximum atomic E-state index is 12.0. The van der Waals surface area contributed by atoms with Crippen LogP contribution in [0, 0.1) is 5.92 Å². The van der Waals surface area contributed by atoms with Crippen molar-refractivity contribution in [1.29, 1.82) is 0 Å². The van der Waals surface area contributed by atoms with Gasteiger partial charge in [-0.25, -0.2) is 4.98 Å². The monoisotopic (exact) mass is 394 g/mol. The Hall–Kier alpha value is -1.34. The highest BCUT2D eigenvalue weighted by atomic mass is 79.9. The van der Waals surface area contributed by atoms with Crippen molar-refractivity contribution in [1.82, 2.24) is 15.2 Å². The van der Waals surface area contributed by atoms with Gasteiger partial charge in [0.1, 0.15) is 5.82 Å². The molecule has 3 rings (SSSR count). The molecule has 0 spiro atoms. The van der Waals surface area contributed by atoms with Gasteiger partial charge >= 0.3 is 0 Å². The van der Waals surface area contributed by atoms with E-state index in [1.165, 1.54) is 37.4 Å². The molecular formula is C16H19BrN4OS. The summed E-state index contributed by atoms with van der Waals surface area (Å²) in [6.45, 7) is 0. The third kappa shape index (κ3) is 5.07. The Kier molecular flexibility index (Phi) is 5.72. The van der Waals surface area contributed by atoms with Gasteiger partial charge in [0.2, 0.25) is 11.1 Å². The molecule has 0 unspecified atom stereocenters. The van der Waals surface area contributed by atoms with Gasteiger partial charge in [-0.05, 0) is 24.1 Å². The Balaban J connectivity index is 1.46. The third-order valence-electron chi connectivity index (χ3n) is 3.91. The molecule has 1 aliphatic rings. The molecule has 7 heteroatoms. The molecule has 2 N–H and O–H groups in total. The number of nitrogens with one attached hydrogen (secondary N) is 2. The number of rotatable bonds is 6.